The van der Waals surface area contributed by atoms with Gasteiger partial charge < -0.3 is 5.32 Å². The fourth-order valence-electron chi connectivity index (χ4n) is 4.17. The second-order valence-electron chi connectivity index (χ2n) is 7.80. The molecule has 0 aliphatic heterocycles. The number of hydrogen-bond acceptors (Lipinski definition) is 4. The van der Waals surface area contributed by atoms with Crippen molar-refractivity contribution >= 4 is 16.7 Å². The predicted octanol–water partition coefficient (Wildman–Crippen LogP) is 4.20. The number of rotatable bonds is 8. The van der Waals surface area contributed by atoms with Crippen molar-refractivity contribution in [3.8, 4) is 5.69 Å². The van der Waals surface area contributed by atoms with E-state index in [0.717, 1.165) is 18.7 Å². The third-order valence-electron chi connectivity index (χ3n) is 5.91. The van der Waals surface area contributed by atoms with Gasteiger partial charge in [0.05, 0.1) is 17.1 Å². The Morgan fingerprint density at radius 2 is 1.45 bits per heavy atom. The molecule has 4 rings (SSSR count). The maximum atomic E-state index is 13.4. The first-order valence-corrected chi connectivity index (χ1v) is 11.3. The number of fused-ring (bicyclic) bond motifs is 1. The molecule has 0 fully saturated rings. The molecule has 6 heteroatoms. The van der Waals surface area contributed by atoms with Crippen molar-refractivity contribution in [2.45, 2.75) is 19.9 Å². The maximum Gasteiger partial charge on any atom is 0.279 e. The summed E-state index contributed by atoms with van der Waals surface area (Å²) in [5.41, 5.74) is 1.75. The number of hydrogen-bond donors (Lipinski definition) is 1. The van der Waals surface area contributed by atoms with Crippen LogP contribution < -0.4 is 10.9 Å². The van der Waals surface area contributed by atoms with Crippen LogP contribution in [0.3, 0.4) is 0 Å². The summed E-state index contributed by atoms with van der Waals surface area (Å²) in [6, 6.07) is 26.5. The summed E-state index contributed by atoms with van der Waals surface area (Å²) in [5, 5.41) is 8.57. The van der Waals surface area contributed by atoms with Crippen LogP contribution in [0.15, 0.2) is 89.7 Å². The van der Waals surface area contributed by atoms with Gasteiger partial charge in [0.15, 0.2) is 5.69 Å². The zero-order valence-electron chi connectivity index (χ0n) is 18.9. The number of nitrogens with one attached hydrogen (secondary N) is 1. The first-order chi connectivity index (χ1) is 16.1. The van der Waals surface area contributed by atoms with E-state index >= 15 is 0 Å². The molecule has 3 aromatic carbocycles. The first kappa shape index (κ1) is 22.4. The van der Waals surface area contributed by atoms with Gasteiger partial charge in [-0.25, -0.2) is 0 Å². The van der Waals surface area contributed by atoms with Crippen molar-refractivity contribution in [3.05, 3.63) is 107 Å². The van der Waals surface area contributed by atoms with Gasteiger partial charge in [0, 0.05) is 11.9 Å². The van der Waals surface area contributed by atoms with Crippen LogP contribution in [0.1, 0.15) is 35.9 Å². The summed E-state index contributed by atoms with van der Waals surface area (Å²) in [7, 11) is 0. The van der Waals surface area contributed by atoms with Crippen molar-refractivity contribution < 1.29 is 4.79 Å². The minimum atomic E-state index is -0.302. The molecule has 168 valence electrons. The van der Waals surface area contributed by atoms with Gasteiger partial charge in [-0.1, -0.05) is 80.6 Å². The van der Waals surface area contributed by atoms with Crippen molar-refractivity contribution in [1.82, 2.24) is 20.0 Å². The Hall–Kier alpha value is -3.77. The molecule has 1 amide bonds. The van der Waals surface area contributed by atoms with Gasteiger partial charge in [-0.3, -0.25) is 14.5 Å². The summed E-state index contributed by atoms with van der Waals surface area (Å²) in [4.78, 5) is 28.8. The van der Waals surface area contributed by atoms with E-state index in [1.165, 1.54) is 4.68 Å². The maximum absolute atomic E-state index is 13.4. The summed E-state index contributed by atoms with van der Waals surface area (Å²) in [6.45, 7) is 6.40. The number of amides is 1. The molecule has 1 heterocycles. The summed E-state index contributed by atoms with van der Waals surface area (Å²) >= 11 is 0. The Morgan fingerprint density at radius 1 is 0.879 bits per heavy atom. The molecule has 1 N–H and O–H groups in total. The summed E-state index contributed by atoms with van der Waals surface area (Å²) < 4.78 is 1.30. The van der Waals surface area contributed by atoms with Gasteiger partial charge in [0.25, 0.3) is 11.5 Å². The highest BCUT2D eigenvalue weighted by Gasteiger charge is 2.22. The number of aromatic nitrogens is 2. The van der Waals surface area contributed by atoms with E-state index in [0.29, 0.717) is 23.0 Å². The largest absolute Gasteiger partial charge is 0.349 e. The van der Waals surface area contributed by atoms with Crippen LogP contribution in [0.25, 0.3) is 16.5 Å². The molecular weight excluding hydrogens is 412 g/mol. The molecule has 0 bridgehead atoms. The van der Waals surface area contributed by atoms with Crippen molar-refractivity contribution in [2.75, 3.05) is 19.6 Å². The number of carbonyl (C=O) groups is 1. The lowest BCUT2D eigenvalue weighted by molar-refractivity contribution is 0.0930. The second-order valence-corrected chi connectivity index (χ2v) is 7.80. The van der Waals surface area contributed by atoms with Crippen LogP contribution in [0.4, 0.5) is 0 Å². The number of para-hydroxylation sites is 1. The normalized spacial score (nSPS) is 12.1. The van der Waals surface area contributed by atoms with E-state index in [2.05, 4.69) is 41.3 Å². The third kappa shape index (κ3) is 4.71. The SMILES string of the molecule is CCN(CC)[C@@H](CNC(=O)c1nn(-c2ccccc2)c(=O)c2ccccc12)c1ccccc1. The summed E-state index contributed by atoms with van der Waals surface area (Å²) in [5.74, 6) is -0.302. The number of carbonyl (C=O) groups excluding carboxylic acids is 1. The van der Waals surface area contributed by atoms with E-state index < -0.39 is 0 Å². The van der Waals surface area contributed by atoms with E-state index in [9.17, 15) is 9.59 Å². The van der Waals surface area contributed by atoms with E-state index in [4.69, 9.17) is 0 Å². The lowest BCUT2D eigenvalue weighted by Crippen LogP contribution is -2.39. The highest BCUT2D eigenvalue weighted by molar-refractivity contribution is 6.04. The molecule has 1 aromatic heterocycles. The molecule has 0 aliphatic carbocycles. The van der Waals surface area contributed by atoms with Crippen LogP contribution in [-0.4, -0.2) is 40.2 Å². The average molecular weight is 441 g/mol. The molecule has 0 aliphatic rings. The fraction of sp³-hybridized carbons (Fsp3) is 0.222. The highest BCUT2D eigenvalue weighted by Crippen LogP contribution is 2.20. The molecule has 0 radical (unpaired) electrons. The minimum Gasteiger partial charge on any atom is -0.349 e. The van der Waals surface area contributed by atoms with Crippen LogP contribution in [-0.2, 0) is 0 Å². The van der Waals surface area contributed by atoms with Gasteiger partial charge in [-0.05, 0) is 36.9 Å². The Balaban J connectivity index is 1.70. The molecule has 0 saturated heterocycles. The molecule has 33 heavy (non-hydrogen) atoms. The van der Waals surface area contributed by atoms with Gasteiger partial charge >= 0.3 is 0 Å². The standard InChI is InChI=1S/C27H28N4O2/c1-3-30(4-2)24(20-13-7-5-8-14-20)19-28-26(32)25-22-17-11-12-18-23(22)27(33)31(29-25)21-15-9-6-10-16-21/h5-18,24H,3-4,19H2,1-2H3,(H,28,32)/t24-/m0/s1. The Bertz CT molecular complexity index is 1280. The second kappa shape index (κ2) is 10.2. The van der Waals surface area contributed by atoms with Crippen LogP contribution in [0.5, 0.6) is 0 Å². The molecule has 0 saturated carbocycles. The van der Waals surface area contributed by atoms with Gasteiger partial charge in [-0.2, -0.15) is 9.78 Å². The first-order valence-electron chi connectivity index (χ1n) is 11.3. The van der Waals surface area contributed by atoms with Crippen LogP contribution in [0.2, 0.25) is 0 Å². The number of benzene rings is 3. The number of nitrogens with zero attached hydrogens (tertiary/aromatic N) is 3. The summed E-state index contributed by atoms with van der Waals surface area (Å²) in [6.07, 6.45) is 0. The van der Waals surface area contributed by atoms with E-state index in [-0.39, 0.29) is 23.2 Å². The molecule has 6 nitrogen and oxygen atoms in total. The molecular formula is C27H28N4O2. The Morgan fingerprint density at radius 3 is 2.09 bits per heavy atom. The average Bonchev–Trinajstić information content (AvgIpc) is 2.88. The molecule has 0 unspecified atom stereocenters. The third-order valence-corrected chi connectivity index (χ3v) is 5.91. The lowest BCUT2D eigenvalue weighted by Gasteiger charge is -2.30. The topological polar surface area (TPSA) is 67.2 Å². The van der Waals surface area contributed by atoms with Crippen LogP contribution in [0, 0.1) is 0 Å². The minimum absolute atomic E-state index is 0.0384. The highest BCUT2D eigenvalue weighted by atomic mass is 16.2. The lowest BCUT2D eigenvalue weighted by atomic mass is 10.0. The van der Waals surface area contributed by atoms with Crippen molar-refractivity contribution in [2.24, 2.45) is 0 Å². The molecule has 4 aromatic rings. The predicted molar refractivity (Wildman–Crippen MR) is 132 cm³/mol. The van der Waals surface area contributed by atoms with E-state index in [1.54, 1.807) is 30.3 Å². The number of likely N-dealkylation sites (N-methyl/N-ethyl adjacent to an activating group) is 1. The van der Waals surface area contributed by atoms with E-state index in [1.807, 2.05) is 42.5 Å². The molecule has 0 spiro atoms. The zero-order valence-corrected chi connectivity index (χ0v) is 18.9. The smallest absolute Gasteiger partial charge is 0.279 e. The fourth-order valence-corrected chi connectivity index (χ4v) is 4.17. The monoisotopic (exact) mass is 440 g/mol. The molecule has 1 atom stereocenters. The Labute approximate surface area is 193 Å². The quantitative estimate of drug-likeness (QED) is 0.446. The van der Waals surface area contributed by atoms with Crippen LogP contribution >= 0.6 is 0 Å². The van der Waals surface area contributed by atoms with Crippen molar-refractivity contribution in [3.63, 3.8) is 0 Å². The van der Waals surface area contributed by atoms with Gasteiger partial charge in [-0.15, -0.1) is 0 Å². The van der Waals surface area contributed by atoms with Crippen molar-refractivity contribution in [1.29, 1.82) is 0 Å². The zero-order chi connectivity index (χ0) is 23.2. The van der Waals surface area contributed by atoms with Gasteiger partial charge in [0.2, 0.25) is 0 Å². The van der Waals surface area contributed by atoms with Gasteiger partial charge in [0.1, 0.15) is 0 Å². The Kier molecular flexibility index (Phi) is 6.95.